The minimum absolute atomic E-state index is 0.0171. The van der Waals surface area contributed by atoms with Gasteiger partial charge in [0.25, 0.3) is 11.7 Å². The molecule has 2 aliphatic heterocycles. The van der Waals surface area contributed by atoms with Gasteiger partial charge in [0.15, 0.2) is 11.5 Å². The predicted molar refractivity (Wildman–Crippen MR) is 117 cm³/mol. The summed E-state index contributed by atoms with van der Waals surface area (Å²) in [5.41, 5.74) is 0.957. The normalized spacial score (nSPS) is 19.1. The van der Waals surface area contributed by atoms with E-state index in [4.69, 9.17) is 18.6 Å². The van der Waals surface area contributed by atoms with Crippen molar-refractivity contribution in [1.82, 2.24) is 4.90 Å². The van der Waals surface area contributed by atoms with Crippen molar-refractivity contribution in [2.45, 2.75) is 12.6 Å². The Kier molecular flexibility index (Phi) is 5.26. The lowest BCUT2D eigenvalue weighted by Crippen LogP contribution is -2.29. The quantitative estimate of drug-likeness (QED) is 0.362. The Hall–Kier alpha value is -4.20. The van der Waals surface area contributed by atoms with Gasteiger partial charge in [-0.25, -0.2) is 0 Å². The van der Waals surface area contributed by atoms with Crippen molar-refractivity contribution in [3.63, 3.8) is 0 Å². The smallest absolute Gasteiger partial charge is 0.296 e. The first kappa shape index (κ1) is 20.7. The van der Waals surface area contributed by atoms with Crippen molar-refractivity contribution in [2.75, 3.05) is 20.3 Å². The number of ketones is 1. The molecule has 3 heterocycles. The van der Waals surface area contributed by atoms with Gasteiger partial charge in [0.1, 0.15) is 30.5 Å². The third-order valence-electron chi connectivity index (χ3n) is 5.67. The molecule has 8 heteroatoms. The van der Waals surface area contributed by atoms with Crippen LogP contribution in [0.5, 0.6) is 17.2 Å². The highest BCUT2D eigenvalue weighted by atomic mass is 16.6. The number of ether oxygens (including phenoxy) is 3. The van der Waals surface area contributed by atoms with Gasteiger partial charge >= 0.3 is 0 Å². The first-order valence-electron chi connectivity index (χ1n) is 10.4. The lowest BCUT2D eigenvalue weighted by Gasteiger charge is -2.25. The molecular weight excluding hydrogens is 426 g/mol. The predicted octanol–water partition coefficient (Wildman–Crippen LogP) is 3.68. The fourth-order valence-electron chi connectivity index (χ4n) is 4.12. The second-order valence-corrected chi connectivity index (χ2v) is 7.64. The number of hydrogen-bond acceptors (Lipinski definition) is 7. The van der Waals surface area contributed by atoms with Crippen LogP contribution in [0, 0.1) is 0 Å². The molecule has 1 aromatic heterocycles. The lowest BCUT2D eigenvalue weighted by molar-refractivity contribution is -0.140. The number of likely N-dealkylation sites (tertiary alicyclic amines) is 1. The molecule has 1 saturated heterocycles. The number of amides is 1. The molecule has 1 N–H and O–H groups in total. The number of furan rings is 1. The molecule has 168 valence electrons. The van der Waals surface area contributed by atoms with Crippen LogP contribution in [0.25, 0.3) is 5.76 Å². The van der Waals surface area contributed by atoms with Crippen LogP contribution in [0.15, 0.2) is 70.9 Å². The molecule has 3 aromatic rings. The van der Waals surface area contributed by atoms with Gasteiger partial charge in [0.2, 0.25) is 0 Å². The Balaban J connectivity index is 1.64. The van der Waals surface area contributed by atoms with E-state index in [-0.39, 0.29) is 17.9 Å². The number of Topliss-reactive ketones (excluding diaryl/α,β-unsaturated/α-hetero) is 1. The SMILES string of the molecule is COc1cccc(C2/C(=C(/O)c3ccc4c(c3)OCCO4)C(=O)C(=O)N2Cc2ccco2)c1. The van der Waals surface area contributed by atoms with Gasteiger partial charge in [-0.3, -0.25) is 9.59 Å². The second kappa shape index (κ2) is 8.38. The summed E-state index contributed by atoms with van der Waals surface area (Å²) in [4.78, 5) is 27.6. The van der Waals surface area contributed by atoms with Gasteiger partial charge in [-0.1, -0.05) is 12.1 Å². The van der Waals surface area contributed by atoms with Crippen LogP contribution in [0.3, 0.4) is 0 Å². The number of benzene rings is 2. The van der Waals surface area contributed by atoms with Crippen LogP contribution in [-0.4, -0.2) is 42.0 Å². The minimum Gasteiger partial charge on any atom is -0.507 e. The maximum absolute atomic E-state index is 13.2. The number of hydrogen-bond donors (Lipinski definition) is 1. The maximum Gasteiger partial charge on any atom is 0.296 e. The average molecular weight is 447 g/mol. The number of carbonyl (C=O) groups is 2. The molecule has 0 aliphatic carbocycles. The highest BCUT2D eigenvalue weighted by Gasteiger charge is 2.46. The van der Waals surface area contributed by atoms with Crippen molar-refractivity contribution in [3.8, 4) is 17.2 Å². The van der Waals surface area contributed by atoms with E-state index in [1.165, 1.54) is 18.3 Å². The fourth-order valence-corrected chi connectivity index (χ4v) is 4.12. The number of rotatable bonds is 5. The zero-order chi connectivity index (χ0) is 22.9. The van der Waals surface area contributed by atoms with E-state index in [0.717, 1.165) is 0 Å². The first-order chi connectivity index (χ1) is 16.1. The summed E-state index contributed by atoms with van der Waals surface area (Å²) >= 11 is 0. The van der Waals surface area contributed by atoms with Crippen molar-refractivity contribution in [1.29, 1.82) is 0 Å². The van der Waals surface area contributed by atoms with Gasteiger partial charge in [0.05, 0.1) is 31.5 Å². The van der Waals surface area contributed by atoms with E-state index in [2.05, 4.69) is 0 Å². The molecule has 5 rings (SSSR count). The second-order valence-electron chi connectivity index (χ2n) is 7.64. The Morgan fingerprint density at radius 2 is 1.88 bits per heavy atom. The number of methoxy groups -OCH3 is 1. The van der Waals surface area contributed by atoms with Gasteiger partial charge in [-0.15, -0.1) is 0 Å². The van der Waals surface area contributed by atoms with E-state index in [0.29, 0.717) is 47.3 Å². The van der Waals surface area contributed by atoms with Crippen LogP contribution in [0.2, 0.25) is 0 Å². The molecule has 1 atom stereocenters. The van der Waals surface area contributed by atoms with Crippen LogP contribution in [-0.2, 0) is 16.1 Å². The highest BCUT2D eigenvalue weighted by Crippen LogP contribution is 2.42. The van der Waals surface area contributed by atoms with Crippen molar-refractivity contribution in [3.05, 3.63) is 83.3 Å². The molecule has 1 amide bonds. The molecule has 2 aromatic carbocycles. The first-order valence-corrected chi connectivity index (χ1v) is 10.4. The van der Waals surface area contributed by atoms with E-state index < -0.39 is 17.7 Å². The van der Waals surface area contributed by atoms with E-state index in [1.54, 1.807) is 54.6 Å². The Morgan fingerprint density at radius 1 is 1.06 bits per heavy atom. The van der Waals surface area contributed by atoms with Crippen LogP contribution >= 0.6 is 0 Å². The van der Waals surface area contributed by atoms with Crippen LogP contribution in [0.1, 0.15) is 22.9 Å². The van der Waals surface area contributed by atoms with Crippen LogP contribution in [0.4, 0.5) is 0 Å². The van der Waals surface area contributed by atoms with Crippen molar-refractivity contribution < 1.29 is 33.3 Å². The van der Waals surface area contributed by atoms with E-state index in [1.807, 2.05) is 0 Å². The number of carbonyl (C=O) groups excluding carboxylic acids is 2. The highest BCUT2D eigenvalue weighted by molar-refractivity contribution is 6.46. The summed E-state index contributed by atoms with van der Waals surface area (Å²) in [7, 11) is 1.54. The van der Waals surface area contributed by atoms with Crippen LogP contribution < -0.4 is 14.2 Å². The molecule has 1 fully saturated rings. The van der Waals surface area contributed by atoms with Gasteiger partial charge < -0.3 is 28.6 Å². The molecule has 1 unspecified atom stereocenters. The Labute approximate surface area is 189 Å². The third-order valence-corrected chi connectivity index (χ3v) is 5.67. The molecule has 0 bridgehead atoms. The largest absolute Gasteiger partial charge is 0.507 e. The monoisotopic (exact) mass is 447 g/mol. The van der Waals surface area contributed by atoms with E-state index >= 15 is 0 Å². The Morgan fingerprint density at radius 3 is 2.64 bits per heavy atom. The third kappa shape index (κ3) is 3.69. The van der Waals surface area contributed by atoms with Gasteiger partial charge in [-0.2, -0.15) is 0 Å². The molecular formula is C25H21NO7. The molecule has 0 saturated carbocycles. The average Bonchev–Trinajstić information content (AvgIpc) is 3.45. The molecule has 2 aliphatic rings. The Bertz CT molecular complexity index is 1250. The zero-order valence-corrected chi connectivity index (χ0v) is 17.8. The number of nitrogens with zero attached hydrogens (tertiary/aromatic N) is 1. The molecule has 0 spiro atoms. The van der Waals surface area contributed by atoms with Gasteiger partial charge in [0, 0.05) is 5.56 Å². The molecule has 33 heavy (non-hydrogen) atoms. The lowest BCUT2D eigenvalue weighted by atomic mass is 9.95. The fraction of sp³-hybridized carbons (Fsp3) is 0.200. The zero-order valence-electron chi connectivity index (χ0n) is 17.8. The van der Waals surface area contributed by atoms with Crippen molar-refractivity contribution in [2.24, 2.45) is 0 Å². The maximum atomic E-state index is 13.2. The summed E-state index contributed by atoms with van der Waals surface area (Å²) in [6.45, 7) is 0.887. The minimum atomic E-state index is -0.835. The number of fused-ring (bicyclic) bond motifs is 1. The molecule has 8 nitrogen and oxygen atoms in total. The summed E-state index contributed by atoms with van der Waals surface area (Å²) in [6, 6.07) is 14.6. The summed E-state index contributed by atoms with van der Waals surface area (Å²) in [5.74, 6) is 0.313. The summed E-state index contributed by atoms with van der Waals surface area (Å²) in [5, 5.41) is 11.2. The topological polar surface area (TPSA) is 98.4 Å². The van der Waals surface area contributed by atoms with Crippen molar-refractivity contribution >= 4 is 17.4 Å². The van der Waals surface area contributed by atoms with E-state index in [9.17, 15) is 14.7 Å². The summed E-state index contributed by atoms with van der Waals surface area (Å²) < 4.78 is 21.9. The number of aliphatic hydroxyl groups is 1. The standard InChI is InChI=1S/C25H21NO7/c1-30-17-5-2-4-15(12-17)22-21(24(28)25(29)26(22)14-18-6-3-9-31-18)23(27)16-7-8-19-20(13-16)33-11-10-32-19/h2-9,12-13,22,27H,10-11,14H2,1H3/b23-21-. The van der Waals surface area contributed by atoms with Gasteiger partial charge in [-0.05, 0) is 48.0 Å². The number of aliphatic hydroxyl groups excluding tert-OH is 1. The summed E-state index contributed by atoms with van der Waals surface area (Å²) in [6.07, 6.45) is 1.50. The molecule has 0 radical (unpaired) electrons.